The van der Waals surface area contributed by atoms with Crippen molar-refractivity contribution in [2.24, 2.45) is 0 Å². The molecule has 45 heavy (non-hydrogen) atoms. The van der Waals surface area contributed by atoms with Gasteiger partial charge in [0.05, 0.1) is 37.6 Å². The van der Waals surface area contributed by atoms with Crippen molar-refractivity contribution >= 4 is 31.7 Å². The first kappa shape index (κ1) is 35.5. The summed E-state index contributed by atoms with van der Waals surface area (Å²) in [5.74, 6) is 1.17. The summed E-state index contributed by atoms with van der Waals surface area (Å²) in [7, 11) is -0.624. The van der Waals surface area contributed by atoms with Crippen LogP contribution in [0.4, 0.5) is 10.5 Å². The van der Waals surface area contributed by atoms with Crippen molar-refractivity contribution in [3.05, 3.63) is 59.2 Å². The third-order valence-corrected chi connectivity index (χ3v) is 16.1. The van der Waals surface area contributed by atoms with Gasteiger partial charge in [0.2, 0.25) is 8.32 Å². The second-order valence-electron chi connectivity index (χ2n) is 13.4. The molecule has 8 nitrogen and oxygen atoms in total. The van der Waals surface area contributed by atoms with E-state index in [1.807, 2.05) is 12.1 Å². The first-order chi connectivity index (χ1) is 21.5. The van der Waals surface area contributed by atoms with Crippen LogP contribution in [0.5, 0.6) is 5.75 Å². The number of carboxylic acid groups (broad SMARTS) is 1. The lowest BCUT2D eigenvalue weighted by atomic mass is 9.84. The lowest BCUT2D eigenvalue weighted by Gasteiger charge is -2.50. The SMILES string of the molecule is COCCCN1CCOc2ccc(CO[C@H]3CN(C(=O)O)C[C@@H](O[Si](C(C)C)(C(C)C)C(C)C)[C@@H]3c3ccc(CCl)cc3)cc21. The molecule has 0 aromatic heterocycles. The highest BCUT2D eigenvalue weighted by atomic mass is 35.5. The standard InChI is InChI=1S/C35H53ClN2O6Si/c1-24(2)45(25(3)4,26(5)6)44-33-22-38(35(39)40)21-32(34(33)29-12-9-27(20-36)10-13-29)43-23-28-11-14-31-30(19-28)37(16-18-42-31)15-8-17-41-7/h9-14,19,24-26,32-34H,8,15-18,20-23H2,1-7H3,(H,39,40)/t32-,33+,34+/m0/s1. The molecular weight excluding hydrogens is 608 g/mol. The van der Waals surface area contributed by atoms with Crippen molar-refractivity contribution in [1.82, 2.24) is 4.90 Å². The summed E-state index contributed by atoms with van der Waals surface area (Å²) in [5.41, 5.74) is 5.30. The number of rotatable bonds is 14. The number of piperidine rings is 1. The third-order valence-electron chi connectivity index (χ3n) is 9.68. The molecule has 0 unspecified atom stereocenters. The van der Waals surface area contributed by atoms with Gasteiger partial charge in [-0.1, -0.05) is 71.9 Å². The lowest BCUT2D eigenvalue weighted by Crippen LogP contribution is -2.59. The van der Waals surface area contributed by atoms with Gasteiger partial charge in [-0.15, -0.1) is 11.6 Å². The van der Waals surface area contributed by atoms with Gasteiger partial charge in [-0.25, -0.2) is 4.79 Å². The molecular formula is C35H53ClN2O6Si. The number of amides is 1. The maximum atomic E-state index is 12.5. The molecule has 3 atom stereocenters. The Kier molecular flexibility index (Phi) is 12.6. The second kappa shape index (κ2) is 16.0. The van der Waals surface area contributed by atoms with Crippen molar-refractivity contribution in [2.45, 2.75) is 95.2 Å². The highest BCUT2D eigenvalue weighted by Gasteiger charge is 2.50. The van der Waals surface area contributed by atoms with Crippen LogP contribution >= 0.6 is 11.6 Å². The van der Waals surface area contributed by atoms with Gasteiger partial charge in [0.25, 0.3) is 0 Å². The summed E-state index contributed by atoms with van der Waals surface area (Å²) in [5, 5.41) is 10.2. The van der Waals surface area contributed by atoms with Crippen LogP contribution in [-0.4, -0.2) is 83.1 Å². The van der Waals surface area contributed by atoms with E-state index < -0.39 is 20.5 Å². The van der Waals surface area contributed by atoms with E-state index in [1.54, 1.807) is 7.11 Å². The van der Waals surface area contributed by atoms with Gasteiger partial charge in [-0.3, -0.25) is 0 Å². The van der Waals surface area contributed by atoms with Crippen molar-refractivity contribution < 1.29 is 28.5 Å². The zero-order valence-electron chi connectivity index (χ0n) is 28.1. The monoisotopic (exact) mass is 660 g/mol. The summed E-state index contributed by atoms with van der Waals surface area (Å²) in [4.78, 5) is 16.3. The van der Waals surface area contributed by atoms with E-state index in [1.165, 1.54) is 4.90 Å². The molecule has 0 spiro atoms. The molecule has 2 aliphatic heterocycles. The van der Waals surface area contributed by atoms with E-state index in [0.717, 1.165) is 47.6 Å². The van der Waals surface area contributed by atoms with Crippen LogP contribution in [-0.2, 0) is 26.4 Å². The minimum absolute atomic E-state index is 0.139. The molecule has 250 valence electrons. The fraction of sp³-hybridized carbons (Fsp3) is 0.629. The van der Waals surface area contributed by atoms with Gasteiger partial charge in [0, 0.05) is 38.6 Å². The molecule has 2 heterocycles. The van der Waals surface area contributed by atoms with Gasteiger partial charge in [0.15, 0.2) is 0 Å². The molecule has 1 saturated heterocycles. The third kappa shape index (κ3) is 8.17. The van der Waals surface area contributed by atoms with E-state index in [9.17, 15) is 9.90 Å². The predicted octanol–water partition coefficient (Wildman–Crippen LogP) is 7.88. The molecule has 0 bridgehead atoms. The van der Waals surface area contributed by atoms with Crippen LogP contribution in [0.15, 0.2) is 42.5 Å². The largest absolute Gasteiger partial charge is 0.490 e. The Balaban J connectivity index is 1.68. The maximum absolute atomic E-state index is 12.5. The second-order valence-corrected chi connectivity index (χ2v) is 19.1. The number of anilines is 1. The maximum Gasteiger partial charge on any atom is 0.407 e. The molecule has 0 radical (unpaired) electrons. The van der Waals surface area contributed by atoms with E-state index in [0.29, 0.717) is 48.9 Å². The minimum atomic E-state index is -2.35. The lowest BCUT2D eigenvalue weighted by molar-refractivity contribution is -0.0630. The van der Waals surface area contributed by atoms with Gasteiger partial charge in [-0.05, 0) is 51.9 Å². The number of halogens is 1. The van der Waals surface area contributed by atoms with Crippen molar-refractivity contribution in [2.75, 3.05) is 51.4 Å². The first-order valence-corrected chi connectivity index (χ1v) is 19.1. The number of hydrogen-bond acceptors (Lipinski definition) is 6. The number of benzene rings is 2. The fourth-order valence-corrected chi connectivity index (χ4v) is 13.3. The molecule has 0 aliphatic carbocycles. The average molecular weight is 661 g/mol. The fourth-order valence-electron chi connectivity index (χ4n) is 7.57. The first-order valence-electron chi connectivity index (χ1n) is 16.4. The zero-order chi connectivity index (χ0) is 32.7. The summed E-state index contributed by atoms with van der Waals surface area (Å²) in [6.07, 6.45) is -0.751. The summed E-state index contributed by atoms with van der Waals surface area (Å²) < 4.78 is 25.4. The number of likely N-dealkylation sites (tertiary alicyclic amines) is 1. The molecule has 2 aliphatic rings. The van der Waals surface area contributed by atoms with Gasteiger partial charge >= 0.3 is 6.09 Å². The van der Waals surface area contributed by atoms with Crippen molar-refractivity contribution in [1.29, 1.82) is 0 Å². The molecule has 2 aromatic rings. The molecule has 10 heteroatoms. The quantitative estimate of drug-likeness (QED) is 0.125. The Morgan fingerprint density at radius 1 is 1.00 bits per heavy atom. The Labute approximate surface area is 276 Å². The van der Waals surface area contributed by atoms with Gasteiger partial charge in [0.1, 0.15) is 12.4 Å². The smallest absolute Gasteiger partial charge is 0.407 e. The van der Waals surface area contributed by atoms with Crippen LogP contribution in [0.25, 0.3) is 0 Å². The van der Waals surface area contributed by atoms with E-state index >= 15 is 0 Å². The normalized spacial score (nSPS) is 20.6. The predicted molar refractivity (Wildman–Crippen MR) is 183 cm³/mol. The highest BCUT2D eigenvalue weighted by Crippen LogP contribution is 2.46. The summed E-state index contributed by atoms with van der Waals surface area (Å²) >= 11 is 6.15. The Morgan fingerprint density at radius 3 is 2.24 bits per heavy atom. The van der Waals surface area contributed by atoms with Crippen LogP contribution in [0.3, 0.4) is 0 Å². The molecule has 4 rings (SSSR count). The molecule has 2 aromatic carbocycles. The molecule has 1 fully saturated rings. The number of ether oxygens (including phenoxy) is 3. The van der Waals surface area contributed by atoms with E-state index in [2.05, 4.69) is 76.8 Å². The van der Waals surface area contributed by atoms with Crippen LogP contribution in [0.1, 0.15) is 70.6 Å². The van der Waals surface area contributed by atoms with Crippen LogP contribution in [0, 0.1) is 0 Å². The summed E-state index contributed by atoms with van der Waals surface area (Å²) in [6, 6.07) is 14.5. The highest BCUT2D eigenvalue weighted by molar-refractivity contribution is 6.77. The number of fused-ring (bicyclic) bond motifs is 1. The van der Waals surface area contributed by atoms with E-state index in [-0.39, 0.29) is 18.6 Å². The molecule has 0 saturated carbocycles. The topological polar surface area (TPSA) is 80.7 Å². The number of nitrogens with zero attached hydrogens (tertiary/aromatic N) is 2. The summed E-state index contributed by atoms with van der Waals surface area (Å²) in [6.45, 7) is 17.6. The van der Waals surface area contributed by atoms with Gasteiger partial charge < -0.3 is 33.5 Å². The van der Waals surface area contributed by atoms with Gasteiger partial charge in [-0.2, -0.15) is 0 Å². The van der Waals surface area contributed by atoms with E-state index in [4.69, 9.17) is 30.2 Å². The Hall–Kier alpha value is -2.30. The van der Waals surface area contributed by atoms with Crippen LogP contribution < -0.4 is 9.64 Å². The number of hydrogen-bond donors (Lipinski definition) is 1. The van der Waals surface area contributed by atoms with Crippen molar-refractivity contribution in [3.8, 4) is 5.75 Å². The number of alkyl halides is 1. The minimum Gasteiger partial charge on any atom is -0.490 e. The Morgan fingerprint density at radius 2 is 1.64 bits per heavy atom. The van der Waals surface area contributed by atoms with Crippen LogP contribution in [0.2, 0.25) is 16.6 Å². The zero-order valence-corrected chi connectivity index (χ0v) is 29.9. The van der Waals surface area contributed by atoms with Crippen molar-refractivity contribution in [3.63, 3.8) is 0 Å². The molecule has 1 amide bonds. The average Bonchev–Trinajstić information content (AvgIpc) is 3.02. The Bertz CT molecular complexity index is 1220. The number of methoxy groups -OCH3 is 1. The molecule has 1 N–H and O–H groups in total. The number of carbonyl (C=O) groups is 1.